The first-order valence-corrected chi connectivity index (χ1v) is 25.1. The molecule has 0 saturated carbocycles. The maximum Gasteiger partial charge on any atom is 0.347 e. The molecule has 2 aliphatic rings. The molecule has 0 bridgehead atoms. The van der Waals surface area contributed by atoms with Crippen LogP contribution in [0, 0.1) is 12.7 Å². The average Bonchev–Trinajstić information content (AvgIpc) is 3.79. The Morgan fingerprint density at radius 2 is 1.79 bits per heavy atom. The van der Waals surface area contributed by atoms with E-state index in [0.717, 1.165) is 78.1 Å². The Labute approximate surface area is 421 Å². The lowest BCUT2D eigenvalue weighted by Crippen LogP contribution is -2.39. The fourth-order valence-corrected chi connectivity index (χ4v) is 10.3. The standard InChI is InChI=1S/C54H56ClFN6O8S/c1-4-66-53(64)45(70-51-47-46(40-15-16-42(48(55)33(40)2)54-67-26-7-27-68-54)49(71-52(47)60-32-59-51)35-11-13-37(56)14-12-35)29-36-28-34(30-57-22-25-62-23-19-39(63)20-24-62)10-17-43(36)69-31-38-18-21-58-50(61-38)41-8-5-6-9-44(41)65-3/h5-6,8-18,21,28,32,39,45,54,57,63H,4,7,19-20,22-27,29-31H2,1-3H3/t45-/m1/s1. The Hall–Kier alpha value is -6.11. The molecule has 3 aromatic heterocycles. The molecule has 5 heterocycles. The van der Waals surface area contributed by atoms with Crippen molar-refractivity contribution in [1.82, 2.24) is 30.2 Å². The highest BCUT2D eigenvalue weighted by atomic mass is 35.5. The number of carbonyl (C=O) groups is 1. The number of carbonyl (C=O) groups excluding carboxylic acids is 1. The van der Waals surface area contributed by atoms with Crippen molar-refractivity contribution in [3.05, 3.63) is 136 Å². The molecule has 2 fully saturated rings. The van der Waals surface area contributed by atoms with Crippen molar-refractivity contribution in [3.8, 4) is 50.3 Å². The zero-order valence-electron chi connectivity index (χ0n) is 39.9. The van der Waals surface area contributed by atoms with Crippen LogP contribution in [-0.2, 0) is 38.6 Å². The van der Waals surface area contributed by atoms with Crippen LogP contribution in [0.1, 0.15) is 60.4 Å². The quantitative estimate of drug-likeness (QED) is 0.0582. The van der Waals surface area contributed by atoms with Gasteiger partial charge < -0.3 is 43.7 Å². The third kappa shape index (κ3) is 11.8. The summed E-state index contributed by atoms with van der Waals surface area (Å²) in [4.78, 5) is 36.6. The topological polar surface area (TPSA) is 160 Å². The number of halogens is 2. The number of methoxy groups -OCH3 is 1. The maximum absolute atomic E-state index is 14.4. The summed E-state index contributed by atoms with van der Waals surface area (Å²) in [6.45, 7) is 8.89. The minimum absolute atomic E-state index is 0.0467. The molecule has 71 heavy (non-hydrogen) atoms. The predicted molar refractivity (Wildman–Crippen MR) is 270 cm³/mol. The number of hydrogen-bond donors (Lipinski definition) is 2. The molecule has 0 spiro atoms. The van der Waals surface area contributed by atoms with Gasteiger partial charge in [-0.3, -0.25) is 0 Å². The number of nitrogens with one attached hydrogen (secondary N) is 1. The fraction of sp³-hybridized carbons (Fsp3) is 0.352. The Balaban J connectivity index is 1.06. The van der Waals surface area contributed by atoms with Gasteiger partial charge in [-0.25, -0.2) is 29.1 Å². The summed E-state index contributed by atoms with van der Waals surface area (Å²) in [6.07, 6.45) is 3.46. The molecule has 7 aromatic rings. The molecule has 0 aliphatic carbocycles. The Kier molecular flexibility index (Phi) is 16.4. The highest BCUT2D eigenvalue weighted by Gasteiger charge is 2.30. The van der Waals surface area contributed by atoms with Crippen LogP contribution < -0.4 is 19.5 Å². The lowest BCUT2D eigenvalue weighted by molar-refractivity contribution is -0.182. The summed E-state index contributed by atoms with van der Waals surface area (Å²) in [7, 11) is 1.61. The van der Waals surface area contributed by atoms with Crippen molar-refractivity contribution in [2.24, 2.45) is 0 Å². The van der Waals surface area contributed by atoms with E-state index < -0.39 is 18.4 Å². The van der Waals surface area contributed by atoms with E-state index in [1.165, 1.54) is 29.8 Å². The van der Waals surface area contributed by atoms with Crippen molar-refractivity contribution in [3.63, 3.8) is 0 Å². The van der Waals surface area contributed by atoms with E-state index in [1.807, 2.05) is 61.5 Å². The third-order valence-corrected chi connectivity index (χ3v) is 14.2. The summed E-state index contributed by atoms with van der Waals surface area (Å²) in [5.41, 5.74) is 6.73. The lowest BCUT2D eigenvalue weighted by Gasteiger charge is -2.29. The Bertz CT molecular complexity index is 2950. The number of piperidine rings is 1. The van der Waals surface area contributed by atoms with Crippen LogP contribution in [0.4, 0.5) is 4.39 Å². The van der Waals surface area contributed by atoms with Crippen LogP contribution in [0.2, 0.25) is 5.02 Å². The Morgan fingerprint density at radius 1 is 0.986 bits per heavy atom. The highest BCUT2D eigenvalue weighted by Crippen LogP contribution is 2.49. The van der Waals surface area contributed by atoms with Gasteiger partial charge in [-0.2, -0.15) is 0 Å². The molecule has 9 rings (SSSR count). The summed E-state index contributed by atoms with van der Waals surface area (Å²) in [5, 5.41) is 14.6. The smallest absolute Gasteiger partial charge is 0.347 e. The molecule has 0 radical (unpaired) electrons. The molecule has 17 heteroatoms. The minimum atomic E-state index is -1.20. The predicted octanol–water partition coefficient (Wildman–Crippen LogP) is 9.71. The molecule has 0 amide bonds. The van der Waals surface area contributed by atoms with E-state index in [0.29, 0.717) is 74.7 Å². The van der Waals surface area contributed by atoms with Crippen LogP contribution in [-0.4, -0.2) is 101 Å². The summed E-state index contributed by atoms with van der Waals surface area (Å²) < 4.78 is 50.9. The van der Waals surface area contributed by atoms with E-state index >= 15 is 0 Å². The molecule has 14 nitrogen and oxygen atoms in total. The first kappa shape index (κ1) is 49.9. The second-order valence-electron chi connectivity index (χ2n) is 17.4. The van der Waals surface area contributed by atoms with E-state index in [1.54, 1.807) is 38.4 Å². The SMILES string of the molecule is CCOC(=O)[C@@H](Cc1cc(CNCCN2CCC(O)CC2)ccc1OCc1ccnc(-c2ccccc2OC)n1)Oc1ncnc2sc(-c3ccc(F)cc3)c(-c3ccc(C4OCCCO4)c(Cl)c3C)c12. The van der Waals surface area contributed by atoms with Gasteiger partial charge >= 0.3 is 5.97 Å². The molecule has 0 unspecified atom stereocenters. The Morgan fingerprint density at radius 3 is 2.58 bits per heavy atom. The van der Waals surface area contributed by atoms with Crippen molar-refractivity contribution in [1.29, 1.82) is 0 Å². The second-order valence-corrected chi connectivity index (χ2v) is 18.7. The normalized spacial score (nSPS) is 15.2. The van der Waals surface area contributed by atoms with E-state index in [9.17, 15) is 14.3 Å². The first-order valence-electron chi connectivity index (χ1n) is 23.9. The van der Waals surface area contributed by atoms with Crippen LogP contribution in [0.15, 0.2) is 97.5 Å². The average molecular weight is 1000 g/mol. The number of aliphatic hydroxyl groups excluding tert-OH is 1. The number of hydrogen-bond acceptors (Lipinski definition) is 15. The first-order chi connectivity index (χ1) is 34.7. The molecule has 1 atom stereocenters. The number of rotatable bonds is 19. The van der Waals surface area contributed by atoms with Crippen molar-refractivity contribution < 1.29 is 42.7 Å². The molecular weight excluding hydrogens is 947 g/mol. The monoisotopic (exact) mass is 1000 g/mol. The van der Waals surface area contributed by atoms with Crippen molar-refractivity contribution in [2.45, 2.75) is 71.2 Å². The van der Waals surface area contributed by atoms with Gasteiger partial charge in [0.2, 0.25) is 12.0 Å². The van der Waals surface area contributed by atoms with E-state index in [-0.39, 0.29) is 37.4 Å². The highest BCUT2D eigenvalue weighted by molar-refractivity contribution is 7.22. The molecule has 2 aliphatic heterocycles. The molecule has 4 aromatic carbocycles. The number of fused-ring (bicyclic) bond motifs is 1. The molecular formula is C54H56ClFN6O8S. The van der Waals surface area contributed by atoms with Gasteiger partial charge in [-0.1, -0.05) is 60.1 Å². The number of benzene rings is 4. The van der Waals surface area contributed by atoms with E-state index in [4.69, 9.17) is 50.0 Å². The van der Waals surface area contributed by atoms with Crippen molar-refractivity contribution >= 4 is 39.1 Å². The van der Waals surface area contributed by atoms with Gasteiger partial charge in [0.05, 0.1) is 54.7 Å². The number of para-hydroxylation sites is 1. The number of aliphatic hydroxyl groups is 1. The molecule has 2 N–H and O–H groups in total. The zero-order chi connectivity index (χ0) is 49.3. The van der Waals surface area contributed by atoms with E-state index in [2.05, 4.69) is 20.2 Å². The summed E-state index contributed by atoms with van der Waals surface area (Å²) in [5.74, 6) is 0.857. The van der Waals surface area contributed by atoms with Crippen LogP contribution in [0.25, 0.3) is 43.2 Å². The minimum Gasteiger partial charge on any atom is -0.496 e. The number of likely N-dealkylation sites (tertiary alicyclic amines) is 1. The number of nitrogens with zero attached hydrogens (tertiary/aromatic N) is 5. The van der Waals surface area contributed by atoms with Gasteiger partial charge in [-0.05, 0) is 97.3 Å². The number of aromatic nitrogens is 4. The molecule has 2 saturated heterocycles. The van der Waals surface area contributed by atoms with Gasteiger partial charge in [0.1, 0.15) is 35.1 Å². The van der Waals surface area contributed by atoms with Gasteiger partial charge in [0.15, 0.2) is 12.1 Å². The third-order valence-electron chi connectivity index (χ3n) is 12.6. The fourth-order valence-electron chi connectivity index (χ4n) is 8.87. The zero-order valence-corrected chi connectivity index (χ0v) is 41.4. The number of esters is 1. The largest absolute Gasteiger partial charge is 0.496 e. The van der Waals surface area contributed by atoms with Crippen LogP contribution >= 0.6 is 22.9 Å². The summed E-state index contributed by atoms with van der Waals surface area (Å²) in [6, 6.07) is 25.4. The number of thiophene rings is 1. The van der Waals surface area contributed by atoms with Gasteiger partial charge in [-0.15, -0.1) is 11.3 Å². The van der Waals surface area contributed by atoms with Gasteiger partial charge in [0, 0.05) is 61.3 Å². The lowest BCUT2D eigenvalue weighted by atomic mass is 9.94. The molecule has 370 valence electrons. The van der Waals surface area contributed by atoms with Crippen LogP contribution in [0.5, 0.6) is 17.4 Å². The maximum atomic E-state index is 14.4. The van der Waals surface area contributed by atoms with Crippen LogP contribution in [0.3, 0.4) is 0 Å². The number of ether oxygens (including phenoxy) is 6. The second kappa shape index (κ2) is 23.4. The van der Waals surface area contributed by atoms with Gasteiger partial charge in [0.25, 0.3) is 0 Å². The summed E-state index contributed by atoms with van der Waals surface area (Å²) >= 11 is 8.56. The van der Waals surface area contributed by atoms with Crippen molar-refractivity contribution in [2.75, 3.05) is 53.1 Å².